The van der Waals surface area contributed by atoms with Gasteiger partial charge in [0, 0.05) is 16.7 Å². The van der Waals surface area contributed by atoms with Gasteiger partial charge < -0.3 is 10.4 Å². The Morgan fingerprint density at radius 2 is 2.21 bits per heavy atom. The van der Waals surface area contributed by atoms with Crippen molar-refractivity contribution in [3.8, 4) is 11.8 Å². The number of carbonyl (C=O) groups excluding carboxylic acids is 1. The lowest BCUT2D eigenvalue weighted by molar-refractivity contribution is 0.0944. The number of carbonyl (C=O) groups is 1. The van der Waals surface area contributed by atoms with E-state index >= 15 is 0 Å². The zero-order valence-electron chi connectivity index (χ0n) is 13.4. The molecule has 24 heavy (non-hydrogen) atoms. The van der Waals surface area contributed by atoms with E-state index in [0.29, 0.717) is 30.8 Å². The third kappa shape index (κ3) is 5.40. The molecule has 2 rings (SSSR count). The van der Waals surface area contributed by atoms with Crippen LogP contribution in [0.2, 0.25) is 0 Å². The maximum absolute atomic E-state index is 12.2. The minimum absolute atomic E-state index is 0.131. The van der Waals surface area contributed by atoms with Gasteiger partial charge in [-0.05, 0) is 47.3 Å². The quantitative estimate of drug-likeness (QED) is 0.525. The number of hydrogen-bond acceptors (Lipinski definition) is 5. The predicted octanol–water partition coefficient (Wildman–Crippen LogP) is 1.28. The lowest BCUT2D eigenvalue weighted by Crippen LogP contribution is -2.35. The molecule has 0 radical (unpaired) electrons. The third-order valence-corrected chi connectivity index (χ3v) is 4.08. The third-order valence-electron chi connectivity index (χ3n) is 3.40. The second-order valence-electron chi connectivity index (χ2n) is 5.02. The maximum Gasteiger partial charge on any atom is 0.271 e. The Morgan fingerprint density at radius 3 is 2.96 bits per heavy atom. The number of benzene rings is 1. The minimum atomic E-state index is -0.236. The molecule has 7 heteroatoms. The van der Waals surface area contributed by atoms with Gasteiger partial charge in [0.25, 0.3) is 5.91 Å². The summed E-state index contributed by atoms with van der Waals surface area (Å²) in [7, 11) is 0. The van der Waals surface area contributed by atoms with E-state index < -0.39 is 0 Å². The molecule has 0 aliphatic carbocycles. The van der Waals surface area contributed by atoms with Gasteiger partial charge in [-0.3, -0.25) is 14.7 Å². The molecular formula is C17H19IN4O2. The fraction of sp³-hybridized carbons (Fsp3) is 0.353. The molecule has 2 aromatic rings. The van der Waals surface area contributed by atoms with Gasteiger partial charge in [0.15, 0.2) is 0 Å². The van der Waals surface area contributed by atoms with E-state index in [1.807, 2.05) is 25.1 Å². The summed E-state index contributed by atoms with van der Waals surface area (Å²) in [6, 6.07) is 5.72. The molecule has 0 spiro atoms. The molecule has 0 aliphatic rings. The smallest absolute Gasteiger partial charge is 0.271 e. The summed E-state index contributed by atoms with van der Waals surface area (Å²) in [6.07, 6.45) is 1.50. The maximum atomic E-state index is 12.2. The van der Waals surface area contributed by atoms with Crippen LogP contribution in [0.5, 0.6) is 0 Å². The fourth-order valence-electron chi connectivity index (χ4n) is 2.08. The molecule has 1 heterocycles. The van der Waals surface area contributed by atoms with Gasteiger partial charge >= 0.3 is 0 Å². The second kappa shape index (κ2) is 9.52. The predicted molar refractivity (Wildman–Crippen MR) is 102 cm³/mol. The highest BCUT2D eigenvalue weighted by Gasteiger charge is 2.09. The number of likely N-dealkylation sites (N-methyl/N-ethyl adjacent to an activating group) is 1. The van der Waals surface area contributed by atoms with Gasteiger partial charge in [-0.25, -0.2) is 4.98 Å². The number of nitrogens with one attached hydrogen (secondary N) is 1. The normalized spacial score (nSPS) is 10.5. The van der Waals surface area contributed by atoms with Gasteiger partial charge in [0.2, 0.25) is 0 Å². The molecular weight excluding hydrogens is 419 g/mol. The van der Waals surface area contributed by atoms with Crippen molar-refractivity contribution in [2.45, 2.75) is 6.92 Å². The number of fused-ring (bicyclic) bond motifs is 1. The molecule has 0 unspecified atom stereocenters. The van der Waals surface area contributed by atoms with Crippen LogP contribution in [0.1, 0.15) is 17.4 Å². The summed E-state index contributed by atoms with van der Waals surface area (Å²) in [5, 5.41) is 11.5. The Morgan fingerprint density at radius 1 is 1.38 bits per heavy atom. The van der Waals surface area contributed by atoms with Crippen molar-refractivity contribution in [1.29, 1.82) is 0 Å². The van der Waals surface area contributed by atoms with E-state index in [9.17, 15) is 4.79 Å². The van der Waals surface area contributed by atoms with E-state index in [1.54, 1.807) is 0 Å². The van der Waals surface area contributed by atoms with Crippen molar-refractivity contribution in [3.63, 3.8) is 0 Å². The number of amides is 1. The van der Waals surface area contributed by atoms with E-state index in [-0.39, 0.29) is 12.5 Å². The summed E-state index contributed by atoms with van der Waals surface area (Å²) in [5.41, 5.74) is 1.79. The van der Waals surface area contributed by atoms with Crippen LogP contribution >= 0.6 is 22.6 Å². The van der Waals surface area contributed by atoms with Crippen molar-refractivity contribution in [2.24, 2.45) is 0 Å². The Labute approximate surface area is 154 Å². The number of aliphatic hydroxyl groups is 1. The fourth-order valence-corrected chi connectivity index (χ4v) is 2.56. The van der Waals surface area contributed by atoms with Crippen LogP contribution in [0.25, 0.3) is 11.0 Å². The summed E-state index contributed by atoms with van der Waals surface area (Å²) in [4.78, 5) is 22.9. The summed E-state index contributed by atoms with van der Waals surface area (Å²) in [5.74, 6) is 5.25. The summed E-state index contributed by atoms with van der Waals surface area (Å²) < 4.78 is 1.08. The van der Waals surface area contributed by atoms with Crippen molar-refractivity contribution in [2.75, 3.05) is 32.8 Å². The second-order valence-corrected chi connectivity index (χ2v) is 6.27. The number of nitrogens with zero attached hydrogens (tertiary/aromatic N) is 3. The molecule has 0 atom stereocenters. The molecule has 126 valence electrons. The molecule has 6 nitrogen and oxygen atoms in total. The molecule has 0 saturated heterocycles. The molecule has 1 aromatic carbocycles. The molecule has 0 saturated carbocycles. The number of rotatable bonds is 6. The summed E-state index contributed by atoms with van der Waals surface area (Å²) >= 11 is 2.21. The number of halogens is 1. The largest absolute Gasteiger partial charge is 0.384 e. The summed E-state index contributed by atoms with van der Waals surface area (Å²) in [6.45, 7) is 4.47. The molecule has 0 fully saturated rings. The van der Waals surface area contributed by atoms with Crippen LogP contribution in [0.3, 0.4) is 0 Å². The van der Waals surface area contributed by atoms with Crippen LogP contribution in [-0.4, -0.2) is 58.7 Å². The van der Waals surface area contributed by atoms with Crippen LogP contribution in [0, 0.1) is 15.4 Å². The van der Waals surface area contributed by atoms with Crippen LogP contribution < -0.4 is 5.32 Å². The Balaban J connectivity index is 1.91. The Bertz CT molecular complexity index is 770. The van der Waals surface area contributed by atoms with Crippen LogP contribution in [0.15, 0.2) is 24.4 Å². The highest BCUT2D eigenvalue weighted by Crippen LogP contribution is 2.13. The average molecular weight is 438 g/mol. The van der Waals surface area contributed by atoms with Gasteiger partial charge in [0.1, 0.15) is 12.3 Å². The lowest BCUT2D eigenvalue weighted by atomic mass is 10.3. The van der Waals surface area contributed by atoms with Gasteiger partial charge in [0.05, 0.1) is 23.8 Å². The van der Waals surface area contributed by atoms with Gasteiger partial charge in [-0.15, -0.1) is 0 Å². The van der Waals surface area contributed by atoms with Crippen molar-refractivity contribution in [3.05, 3.63) is 33.7 Å². The van der Waals surface area contributed by atoms with E-state index in [1.165, 1.54) is 6.20 Å². The number of aliphatic hydroxyl groups excluding tert-OH is 1. The first-order chi connectivity index (χ1) is 11.6. The van der Waals surface area contributed by atoms with Crippen LogP contribution in [0.4, 0.5) is 0 Å². The topological polar surface area (TPSA) is 78.4 Å². The monoisotopic (exact) mass is 438 g/mol. The Hall–Kier alpha value is -1.76. The van der Waals surface area contributed by atoms with Crippen LogP contribution in [-0.2, 0) is 0 Å². The van der Waals surface area contributed by atoms with Crippen molar-refractivity contribution < 1.29 is 9.90 Å². The zero-order valence-corrected chi connectivity index (χ0v) is 15.6. The van der Waals surface area contributed by atoms with E-state index in [4.69, 9.17) is 5.11 Å². The molecule has 2 N–H and O–H groups in total. The number of aromatic nitrogens is 2. The van der Waals surface area contributed by atoms with Gasteiger partial charge in [-0.1, -0.05) is 18.8 Å². The standard InChI is InChI=1S/C17H19IN4O2/c1-2-22(8-3-4-10-23)9-7-19-17(24)16-12-20-15-11-13(18)5-6-14(15)21-16/h5-6,11-12,23H,2,7-10H2,1H3,(H,19,24). The molecule has 0 aliphatic heterocycles. The highest BCUT2D eigenvalue weighted by atomic mass is 127. The first-order valence-corrected chi connectivity index (χ1v) is 8.71. The SMILES string of the molecule is CCN(CC#CCO)CCNC(=O)c1cnc2cc(I)ccc2n1. The molecule has 1 amide bonds. The first kappa shape index (κ1) is 18.6. The highest BCUT2D eigenvalue weighted by molar-refractivity contribution is 14.1. The number of hydrogen-bond donors (Lipinski definition) is 2. The zero-order chi connectivity index (χ0) is 17.4. The molecule has 1 aromatic heterocycles. The minimum Gasteiger partial charge on any atom is -0.384 e. The van der Waals surface area contributed by atoms with Crippen molar-refractivity contribution >= 4 is 39.5 Å². The van der Waals surface area contributed by atoms with E-state index in [2.05, 4.69) is 54.6 Å². The Kier molecular flexibility index (Phi) is 7.36. The van der Waals surface area contributed by atoms with Crippen molar-refractivity contribution in [1.82, 2.24) is 20.2 Å². The van der Waals surface area contributed by atoms with Gasteiger partial charge in [-0.2, -0.15) is 0 Å². The lowest BCUT2D eigenvalue weighted by Gasteiger charge is -2.17. The average Bonchev–Trinajstić information content (AvgIpc) is 2.59. The molecule has 0 bridgehead atoms. The first-order valence-electron chi connectivity index (χ1n) is 7.63. The van der Waals surface area contributed by atoms with E-state index in [0.717, 1.165) is 15.6 Å².